The van der Waals surface area contributed by atoms with E-state index in [0.29, 0.717) is 10.1 Å². The maximum absolute atomic E-state index is 11.6. The zero-order valence-corrected chi connectivity index (χ0v) is 71.8. The van der Waals surface area contributed by atoms with Gasteiger partial charge in [-0.15, -0.1) is 25.4 Å². The first-order valence-corrected chi connectivity index (χ1v) is 45.7. The van der Waals surface area contributed by atoms with Gasteiger partial charge in [-0.3, -0.25) is 9.49 Å². The summed E-state index contributed by atoms with van der Waals surface area (Å²) in [6.07, 6.45) is 21.1. The van der Waals surface area contributed by atoms with Crippen LogP contribution in [0.1, 0.15) is 24.0 Å². The Balaban J connectivity index is 0.000000167. The predicted molar refractivity (Wildman–Crippen MR) is 496 cm³/mol. The van der Waals surface area contributed by atoms with E-state index in [1.807, 2.05) is 303 Å². The van der Waals surface area contributed by atoms with E-state index in [2.05, 4.69) is 196 Å². The first-order chi connectivity index (χ1) is 56.2. The molecule has 0 aromatic heterocycles. The summed E-state index contributed by atoms with van der Waals surface area (Å²) in [7, 11) is -11.9. The van der Waals surface area contributed by atoms with Crippen LogP contribution in [0.15, 0.2) is 483 Å². The topological polar surface area (TPSA) is 100 Å². The van der Waals surface area contributed by atoms with Gasteiger partial charge in [-0.25, -0.2) is 0 Å². The second-order valence-corrected chi connectivity index (χ2v) is 40.3. The second-order valence-electron chi connectivity index (χ2n) is 27.8. The van der Waals surface area contributed by atoms with Gasteiger partial charge >= 0.3 is 0 Å². The van der Waals surface area contributed by atoms with Crippen LogP contribution < -0.4 is 42.4 Å². The molecule has 0 saturated heterocycles. The summed E-state index contributed by atoms with van der Waals surface area (Å²) in [5.41, 5.74) is 5.96. The quantitative estimate of drug-likeness (QED) is 0.0547. The van der Waals surface area contributed by atoms with E-state index in [1.165, 1.54) is 24.0 Å². The minimum Gasteiger partial charge on any atom is -0.651 e. The summed E-state index contributed by atoms with van der Waals surface area (Å²) in [6, 6.07) is 149. The fraction of sp³-hybridized carbons (Fsp3) is 0.0769. The van der Waals surface area contributed by atoms with Gasteiger partial charge in [-0.1, -0.05) is 460 Å². The zero-order chi connectivity index (χ0) is 78.4. The molecule has 116 heavy (non-hydrogen) atoms. The summed E-state index contributed by atoms with van der Waals surface area (Å²) < 4.78 is 11.4. The smallest absolute Gasteiger partial charge is 0.101 e. The molecule has 0 aliphatic heterocycles. The SMILES string of the molecule is C1=CC2C=CC1C2.C1=CC2C=CC1C2.Cc1ccccc1.Cc1ccccc1.N#CC(P(=Nc1ccccc1)(c1ccccc1)c1ccccc1)=P([N-]c1ccccc1)(c1ccccc1)c1ccccc1.N#CC(P(=Nc1ccccc1)(c1ccccc1)c1ccccc1)=P([N-]c1ccccc1)(c1ccccc1)c1ccccc1.[Rh].[Rh]. The van der Waals surface area contributed by atoms with Crippen molar-refractivity contribution >= 4 is 103 Å². The van der Waals surface area contributed by atoms with E-state index in [9.17, 15) is 10.5 Å². The molecule has 12 heteroatoms. The maximum atomic E-state index is 11.6. The van der Waals surface area contributed by atoms with Crippen molar-refractivity contribution in [1.82, 2.24) is 0 Å². The van der Waals surface area contributed by atoms with Gasteiger partial charge in [0.15, 0.2) is 0 Å². The van der Waals surface area contributed by atoms with Gasteiger partial charge in [0.05, 0.1) is 35.6 Å². The van der Waals surface area contributed by atoms with Gasteiger partial charge in [0, 0.05) is 60.2 Å². The molecule has 14 aromatic carbocycles. The Bertz CT molecular complexity index is 5210. The summed E-state index contributed by atoms with van der Waals surface area (Å²) >= 11 is 0. The Morgan fingerprint density at radius 3 is 0.586 bits per heavy atom. The minimum atomic E-state index is -2.99. The molecule has 0 heterocycles. The van der Waals surface area contributed by atoms with Gasteiger partial charge in [0.2, 0.25) is 0 Å². The largest absolute Gasteiger partial charge is 0.651 e. The Morgan fingerprint density at radius 1 is 0.250 bits per heavy atom. The number of fused-ring (bicyclic) bond motifs is 4. The van der Waals surface area contributed by atoms with Crippen molar-refractivity contribution in [2.75, 3.05) is 0 Å². The van der Waals surface area contributed by atoms with Crippen molar-refractivity contribution in [1.29, 1.82) is 10.5 Å². The number of hydrogen-bond donors (Lipinski definition) is 0. The molecule has 0 fully saturated rings. The van der Waals surface area contributed by atoms with Crippen molar-refractivity contribution in [2.24, 2.45) is 33.2 Å². The van der Waals surface area contributed by atoms with E-state index in [1.54, 1.807) is 0 Å². The van der Waals surface area contributed by atoms with E-state index < -0.39 is 28.2 Å². The summed E-state index contributed by atoms with van der Waals surface area (Å²) in [6.45, 7) is 4.17. The van der Waals surface area contributed by atoms with Crippen molar-refractivity contribution in [3.05, 3.63) is 495 Å². The zero-order valence-electron chi connectivity index (χ0n) is 64.9. The van der Waals surface area contributed by atoms with Crippen LogP contribution in [0, 0.1) is 60.2 Å². The molecule has 18 rings (SSSR count). The predicted octanol–water partition coefficient (Wildman–Crippen LogP) is 25.7. The van der Waals surface area contributed by atoms with Crippen LogP contribution >= 0.6 is 28.2 Å². The second kappa shape index (κ2) is 43.6. The van der Waals surface area contributed by atoms with Gasteiger partial charge in [-0.05, 0) is 95.8 Å². The van der Waals surface area contributed by atoms with E-state index in [0.717, 1.165) is 88.9 Å². The van der Waals surface area contributed by atoms with Crippen LogP contribution in [0.25, 0.3) is 10.2 Å². The van der Waals surface area contributed by atoms with Crippen LogP contribution in [0.2, 0.25) is 0 Å². The first-order valence-electron chi connectivity index (χ1n) is 38.7. The molecule has 0 spiro atoms. The molecule has 0 N–H and O–H groups in total. The van der Waals surface area contributed by atoms with Gasteiger partial charge in [0.25, 0.3) is 0 Å². The van der Waals surface area contributed by atoms with Crippen LogP contribution in [-0.2, 0) is 39.0 Å². The normalized spacial score (nSPS) is 14.6. The van der Waals surface area contributed by atoms with Crippen LogP contribution in [0.5, 0.6) is 0 Å². The molecule has 0 amide bonds. The number of nitriles is 2. The van der Waals surface area contributed by atoms with Crippen LogP contribution in [-0.4, -0.2) is 10.1 Å². The van der Waals surface area contributed by atoms with Crippen LogP contribution in [0.4, 0.5) is 22.7 Å². The van der Waals surface area contributed by atoms with Crippen LogP contribution in [0.3, 0.4) is 0 Å². The van der Waals surface area contributed by atoms with E-state index >= 15 is 0 Å². The van der Waals surface area contributed by atoms with E-state index in [-0.39, 0.29) is 39.0 Å². The molecule has 0 unspecified atom stereocenters. The molecule has 6 nitrogen and oxygen atoms in total. The third-order valence-electron chi connectivity index (χ3n) is 19.9. The third-order valence-corrected chi connectivity index (χ3v) is 36.8. The monoisotopic (exact) mass is 1750 g/mol. The van der Waals surface area contributed by atoms with Crippen molar-refractivity contribution in [3.8, 4) is 12.1 Å². The molecule has 4 aliphatic carbocycles. The molecule has 2 radical (unpaired) electrons. The first kappa shape index (κ1) is 85.8. The third kappa shape index (κ3) is 21.1. The number of benzene rings is 14. The number of rotatable bonds is 16. The summed E-state index contributed by atoms with van der Waals surface area (Å²) in [4.78, 5) is 0. The Morgan fingerprint density at radius 2 is 0.422 bits per heavy atom. The maximum Gasteiger partial charge on any atom is 0.101 e. The van der Waals surface area contributed by atoms with Crippen molar-refractivity contribution in [3.63, 3.8) is 0 Å². The summed E-state index contributed by atoms with van der Waals surface area (Å²) in [5.74, 6) is 3.24. The molecule has 14 aromatic rings. The fourth-order valence-electron chi connectivity index (χ4n) is 14.5. The molecule has 0 saturated carbocycles. The molecule has 0 atom stereocenters. The van der Waals surface area contributed by atoms with Crippen molar-refractivity contribution in [2.45, 2.75) is 26.7 Å². The molecular formula is C104H92N6P4Rh2-2. The van der Waals surface area contributed by atoms with Crippen molar-refractivity contribution < 1.29 is 39.0 Å². The number of aryl methyl sites for hydroxylation is 2. The molecule has 4 aliphatic rings. The standard InChI is InChI=1S/2C38H30N3P2.4C7H8.2Rh/c2*39-31-38(42(34-23-11-3-12-24-34,35-25-13-4-14-26-35)40-32-19-7-1-8-20-32)43(36-27-15-5-16-28-36,37-29-17-6-18-30-37)41-33-21-9-2-10-22-33;2*1-2-7-4-3-6(1)5-7;2*1-7-5-3-2-4-6-7;;/h2*1-30H;2*1-4,6-7H,5H2;2*2-6H,1H3;;/q2*-1;;;;;;. The fourth-order valence-corrected chi connectivity index (χ4v) is 32.9. The van der Waals surface area contributed by atoms with E-state index in [4.69, 9.17) is 19.7 Å². The molecule has 578 valence electrons. The van der Waals surface area contributed by atoms with Gasteiger partial charge in [0.1, 0.15) is 12.1 Å². The number of nitrogens with zero attached hydrogens (tertiary/aromatic N) is 6. The number of allylic oxidation sites excluding steroid dienone is 8. The van der Waals surface area contributed by atoms with Gasteiger partial charge < -0.3 is 10.2 Å². The van der Waals surface area contributed by atoms with Gasteiger partial charge in [-0.2, -0.15) is 10.5 Å². The minimum absolute atomic E-state index is 0. The molecule has 4 bridgehead atoms. The Labute approximate surface area is 713 Å². The number of hydrogen-bond acceptors (Lipinski definition) is 4. The average Bonchev–Trinajstić information content (AvgIpc) is 0.882. The average molecular weight is 1760 g/mol. The summed E-state index contributed by atoms with van der Waals surface area (Å²) in [5, 5.41) is 44.2. The Hall–Kier alpha value is -11.1. The molecular weight excluding hydrogens is 1660 g/mol. The Kier molecular flexibility index (Phi) is 32.2.